The third-order valence-electron chi connectivity index (χ3n) is 6.84. The number of amides is 1. The lowest BCUT2D eigenvalue weighted by Crippen LogP contribution is -2.47. The molecule has 0 N–H and O–H groups in total. The summed E-state index contributed by atoms with van der Waals surface area (Å²) in [5.74, 6) is 0.683. The third-order valence-corrected chi connectivity index (χ3v) is 7.21. The summed E-state index contributed by atoms with van der Waals surface area (Å²) in [6.07, 6.45) is 6.31. The van der Waals surface area contributed by atoms with Crippen molar-refractivity contribution >= 4 is 17.5 Å². The summed E-state index contributed by atoms with van der Waals surface area (Å²) in [4.78, 5) is 17.4. The summed E-state index contributed by atoms with van der Waals surface area (Å²) in [6, 6.07) is 11.5. The maximum Gasteiger partial charge on any atom is 0.289 e. The molecule has 0 unspecified atom stereocenters. The summed E-state index contributed by atoms with van der Waals surface area (Å²) < 4.78 is 7.32. The van der Waals surface area contributed by atoms with E-state index in [9.17, 15) is 4.79 Å². The number of piperidine rings is 1. The molecule has 3 heterocycles. The molecule has 1 amide bonds. The Balaban J connectivity index is 1.48. The number of carbonyl (C=O) groups is 1. The molecule has 0 bridgehead atoms. The second-order valence-electron chi connectivity index (χ2n) is 8.75. The molecule has 3 aromatic rings. The predicted octanol–water partition coefficient (Wildman–Crippen LogP) is 4.57. The fourth-order valence-electron chi connectivity index (χ4n) is 4.67. The standard InChI is InChI=1S/C25H31ClN4O2/c1-18-21(16-27-29(18)3)17-30-12-10-19(11-13-30)23(15-20-7-4-5-8-22(20)26)28(2)25(31)24-9-6-14-32-24/h4-9,14,16,19,23H,10-13,15,17H2,1-3H3/t23-/m1/s1. The van der Waals surface area contributed by atoms with E-state index in [1.165, 1.54) is 11.3 Å². The van der Waals surface area contributed by atoms with Crippen molar-refractivity contribution in [3.05, 3.63) is 76.5 Å². The molecule has 0 saturated carbocycles. The molecule has 6 nitrogen and oxygen atoms in total. The summed E-state index contributed by atoms with van der Waals surface area (Å²) in [5, 5.41) is 5.12. The molecule has 1 aromatic carbocycles. The number of nitrogens with zero attached hydrogens (tertiary/aromatic N) is 4. The number of aryl methyl sites for hydroxylation is 1. The van der Waals surface area contributed by atoms with Gasteiger partial charge in [0.2, 0.25) is 0 Å². The van der Waals surface area contributed by atoms with Gasteiger partial charge in [-0.25, -0.2) is 0 Å². The van der Waals surface area contributed by atoms with Gasteiger partial charge < -0.3 is 9.32 Å². The first kappa shape index (κ1) is 22.6. The van der Waals surface area contributed by atoms with Gasteiger partial charge >= 0.3 is 0 Å². The fraction of sp³-hybridized carbons (Fsp3) is 0.440. The van der Waals surface area contributed by atoms with Gasteiger partial charge in [-0.3, -0.25) is 14.4 Å². The minimum Gasteiger partial charge on any atom is -0.459 e. The molecule has 32 heavy (non-hydrogen) atoms. The Bertz CT molecular complexity index is 1040. The molecule has 4 rings (SSSR count). The number of halogens is 1. The van der Waals surface area contributed by atoms with Crippen LogP contribution in [0.1, 0.15) is 40.2 Å². The van der Waals surface area contributed by atoms with Gasteiger partial charge in [0.25, 0.3) is 5.91 Å². The largest absolute Gasteiger partial charge is 0.459 e. The number of carbonyl (C=O) groups excluding carboxylic acids is 1. The van der Waals surface area contributed by atoms with E-state index >= 15 is 0 Å². The Hall–Kier alpha value is -2.57. The van der Waals surface area contributed by atoms with E-state index in [4.69, 9.17) is 16.0 Å². The molecule has 0 aliphatic carbocycles. The summed E-state index contributed by atoms with van der Waals surface area (Å²) in [5.41, 5.74) is 3.57. The van der Waals surface area contributed by atoms with Crippen molar-refractivity contribution < 1.29 is 9.21 Å². The number of aromatic nitrogens is 2. The van der Waals surface area contributed by atoms with E-state index < -0.39 is 0 Å². The van der Waals surface area contributed by atoms with Crippen LogP contribution in [0.25, 0.3) is 0 Å². The first-order valence-corrected chi connectivity index (χ1v) is 11.6. The second kappa shape index (κ2) is 9.92. The maximum atomic E-state index is 13.1. The van der Waals surface area contributed by atoms with Crippen molar-refractivity contribution in [2.24, 2.45) is 13.0 Å². The van der Waals surface area contributed by atoms with Crippen molar-refractivity contribution in [1.29, 1.82) is 0 Å². The number of benzene rings is 1. The number of rotatable bonds is 7. The Labute approximate surface area is 194 Å². The smallest absolute Gasteiger partial charge is 0.289 e. The van der Waals surface area contributed by atoms with Crippen LogP contribution in [0.3, 0.4) is 0 Å². The molecule has 170 valence electrons. The van der Waals surface area contributed by atoms with Gasteiger partial charge in [0.15, 0.2) is 5.76 Å². The molecule has 1 atom stereocenters. The minimum absolute atomic E-state index is 0.0507. The normalized spacial score (nSPS) is 16.2. The van der Waals surface area contributed by atoms with Gasteiger partial charge in [-0.15, -0.1) is 0 Å². The Morgan fingerprint density at radius 1 is 1.22 bits per heavy atom. The van der Waals surface area contributed by atoms with Crippen molar-refractivity contribution in [3.8, 4) is 0 Å². The maximum absolute atomic E-state index is 13.1. The van der Waals surface area contributed by atoms with E-state index in [0.717, 1.165) is 49.5 Å². The first-order valence-electron chi connectivity index (χ1n) is 11.2. The average molecular weight is 455 g/mol. The van der Waals surface area contributed by atoms with Gasteiger partial charge in [0.05, 0.1) is 12.5 Å². The van der Waals surface area contributed by atoms with Crippen LogP contribution in [0.2, 0.25) is 5.02 Å². The topological polar surface area (TPSA) is 54.5 Å². The zero-order valence-electron chi connectivity index (χ0n) is 19.0. The average Bonchev–Trinajstić information content (AvgIpc) is 3.45. The molecule has 2 aromatic heterocycles. The van der Waals surface area contributed by atoms with Crippen LogP contribution in [0.4, 0.5) is 0 Å². The molecule has 1 aliphatic heterocycles. The lowest BCUT2D eigenvalue weighted by molar-refractivity contribution is 0.0556. The fourth-order valence-corrected chi connectivity index (χ4v) is 4.88. The molecule has 1 saturated heterocycles. The van der Waals surface area contributed by atoms with Crippen molar-refractivity contribution in [2.45, 2.75) is 38.8 Å². The van der Waals surface area contributed by atoms with Gasteiger partial charge in [0, 0.05) is 43.0 Å². The predicted molar refractivity (Wildman–Crippen MR) is 126 cm³/mol. The first-order chi connectivity index (χ1) is 15.4. The molecule has 0 radical (unpaired) electrons. The third kappa shape index (κ3) is 4.92. The summed E-state index contributed by atoms with van der Waals surface area (Å²) in [6.45, 7) is 5.04. The van der Waals surface area contributed by atoms with Gasteiger partial charge in [-0.05, 0) is 69.0 Å². The minimum atomic E-state index is -0.0829. The van der Waals surface area contributed by atoms with Crippen molar-refractivity contribution in [2.75, 3.05) is 20.1 Å². The van der Waals surface area contributed by atoms with E-state index in [0.29, 0.717) is 11.7 Å². The van der Waals surface area contributed by atoms with Crippen LogP contribution in [-0.2, 0) is 20.0 Å². The van der Waals surface area contributed by atoms with Crippen LogP contribution in [0.5, 0.6) is 0 Å². The van der Waals surface area contributed by atoms with Crippen LogP contribution in [0, 0.1) is 12.8 Å². The Morgan fingerprint density at radius 3 is 2.59 bits per heavy atom. The van der Waals surface area contributed by atoms with E-state index in [1.807, 2.05) is 48.1 Å². The van der Waals surface area contributed by atoms with Crippen LogP contribution >= 0.6 is 11.6 Å². The highest BCUT2D eigenvalue weighted by Crippen LogP contribution is 2.30. The SMILES string of the molecule is Cc1c(CN2CCC([C@@H](Cc3ccccc3Cl)N(C)C(=O)c3ccco3)CC2)cnn1C. The summed E-state index contributed by atoms with van der Waals surface area (Å²) in [7, 11) is 3.87. The monoisotopic (exact) mass is 454 g/mol. The highest BCUT2D eigenvalue weighted by Gasteiger charge is 2.33. The highest BCUT2D eigenvalue weighted by atomic mass is 35.5. The van der Waals surface area contributed by atoms with Crippen LogP contribution in [-0.4, -0.2) is 51.7 Å². The number of furan rings is 1. The molecule has 1 fully saturated rings. The lowest BCUT2D eigenvalue weighted by Gasteiger charge is -2.40. The van der Waals surface area contributed by atoms with E-state index in [2.05, 4.69) is 23.0 Å². The molecular formula is C25H31ClN4O2. The molecular weight excluding hydrogens is 424 g/mol. The van der Waals surface area contributed by atoms with Crippen LogP contribution in [0.15, 0.2) is 53.3 Å². The Morgan fingerprint density at radius 2 is 1.97 bits per heavy atom. The van der Waals surface area contributed by atoms with Gasteiger partial charge in [-0.1, -0.05) is 29.8 Å². The van der Waals surface area contributed by atoms with Crippen molar-refractivity contribution in [3.63, 3.8) is 0 Å². The van der Waals surface area contributed by atoms with Gasteiger partial charge in [0.1, 0.15) is 0 Å². The second-order valence-corrected chi connectivity index (χ2v) is 9.16. The Kier molecular flexibility index (Phi) is 7.01. The zero-order chi connectivity index (χ0) is 22.7. The number of likely N-dealkylation sites (N-methyl/N-ethyl adjacent to an activating group) is 1. The lowest BCUT2D eigenvalue weighted by atomic mass is 9.84. The molecule has 1 aliphatic rings. The van der Waals surface area contributed by atoms with E-state index in [1.54, 1.807) is 18.4 Å². The van der Waals surface area contributed by atoms with Gasteiger partial charge in [-0.2, -0.15) is 5.10 Å². The summed E-state index contributed by atoms with van der Waals surface area (Å²) >= 11 is 6.48. The van der Waals surface area contributed by atoms with Crippen molar-refractivity contribution in [1.82, 2.24) is 19.6 Å². The number of likely N-dealkylation sites (tertiary alicyclic amines) is 1. The number of hydrogen-bond donors (Lipinski definition) is 0. The van der Waals surface area contributed by atoms with Crippen LogP contribution < -0.4 is 0 Å². The molecule has 7 heteroatoms. The highest BCUT2D eigenvalue weighted by molar-refractivity contribution is 6.31. The molecule has 0 spiro atoms. The zero-order valence-corrected chi connectivity index (χ0v) is 19.8. The van der Waals surface area contributed by atoms with E-state index in [-0.39, 0.29) is 11.9 Å². The quantitative estimate of drug-likeness (QED) is 0.524. The number of hydrogen-bond acceptors (Lipinski definition) is 4.